The van der Waals surface area contributed by atoms with Crippen molar-refractivity contribution in [3.05, 3.63) is 29.8 Å². The van der Waals surface area contributed by atoms with Crippen LogP contribution in [0.15, 0.2) is 24.3 Å². The van der Waals surface area contributed by atoms with Crippen LogP contribution in [-0.2, 0) is 20.7 Å². The average molecular weight is 293 g/mol. The number of ether oxygens (including phenoxy) is 3. The van der Waals surface area contributed by atoms with E-state index in [1.54, 1.807) is 7.11 Å². The molecule has 5 nitrogen and oxygen atoms in total. The molecular weight excluding hydrogens is 270 g/mol. The van der Waals surface area contributed by atoms with Crippen LogP contribution < -0.4 is 10.1 Å². The molecule has 0 aliphatic carbocycles. The second-order valence-corrected chi connectivity index (χ2v) is 5.28. The minimum absolute atomic E-state index is 0.0411. The summed E-state index contributed by atoms with van der Waals surface area (Å²) in [5.74, 6) is 0.316. The molecule has 1 aliphatic rings. The Morgan fingerprint density at radius 3 is 2.86 bits per heavy atom. The molecule has 0 spiro atoms. The minimum atomic E-state index is -0.542. The maximum absolute atomic E-state index is 11.8. The zero-order valence-corrected chi connectivity index (χ0v) is 12.7. The van der Waals surface area contributed by atoms with Crippen LogP contribution in [0.25, 0.3) is 0 Å². The van der Waals surface area contributed by atoms with Gasteiger partial charge in [-0.15, -0.1) is 0 Å². The molecule has 116 valence electrons. The second-order valence-electron chi connectivity index (χ2n) is 5.28. The normalized spacial score (nSPS) is 16.7. The highest BCUT2D eigenvalue weighted by molar-refractivity contribution is 5.76. The molecule has 1 N–H and O–H groups in total. The van der Waals surface area contributed by atoms with Gasteiger partial charge in [0.2, 0.25) is 5.91 Å². The van der Waals surface area contributed by atoms with E-state index in [4.69, 9.17) is 14.2 Å². The lowest BCUT2D eigenvalue weighted by atomic mass is 10.1. The minimum Gasteiger partial charge on any atom is -0.497 e. The predicted molar refractivity (Wildman–Crippen MR) is 79.3 cm³/mol. The highest BCUT2D eigenvalue weighted by Crippen LogP contribution is 2.21. The average Bonchev–Trinajstić information content (AvgIpc) is 2.92. The van der Waals surface area contributed by atoms with Crippen LogP contribution in [0.2, 0.25) is 0 Å². The van der Waals surface area contributed by atoms with Crippen molar-refractivity contribution < 1.29 is 19.0 Å². The third-order valence-corrected chi connectivity index (χ3v) is 3.57. The summed E-state index contributed by atoms with van der Waals surface area (Å²) in [5, 5.41) is 2.90. The van der Waals surface area contributed by atoms with E-state index in [2.05, 4.69) is 5.32 Å². The van der Waals surface area contributed by atoms with Gasteiger partial charge in [0.1, 0.15) is 5.75 Å². The van der Waals surface area contributed by atoms with Crippen molar-refractivity contribution in [2.24, 2.45) is 0 Å². The Labute approximate surface area is 125 Å². The molecule has 1 fully saturated rings. The van der Waals surface area contributed by atoms with Gasteiger partial charge in [0, 0.05) is 19.4 Å². The SMILES string of the molecule is COc1cccc(CCC(=O)NCCC2(C)OCCO2)c1. The van der Waals surface area contributed by atoms with Crippen LogP contribution in [0.3, 0.4) is 0 Å². The second kappa shape index (κ2) is 7.43. The van der Waals surface area contributed by atoms with Crippen molar-refractivity contribution >= 4 is 5.91 Å². The molecule has 0 saturated carbocycles. The summed E-state index contributed by atoms with van der Waals surface area (Å²) in [7, 11) is 1.64. The largest absolute Gasteiger partial charge is 0.497 e. The number of carbonyl (C=O) groups is 1. The van der Waals surface area contributed by atoms with Crippen molar-refractivity contribution in [3.63, 3.8) is 0 Å². The number of nitrogens with one attached hydrogen (secondary N) is 1. The summed E-state index contributed by atoms with van der Waals surface area (Å²) in [4.78, 5) is 11.8. The van der Waals surface area contributed by atoms with Gasteiger partial charge in [-0.05, 0) is 31.0 Å². The van der Waals surface area contributed by atoms with E-state index in [9.17, 15) is 4.79 Å². The monoisotopic (exact) mass is 293 g/mol. The molecule has 2 rings (SSSR count). The molecule has 1 aromatic rings. The van der Waals surface area contributed by atoms with Crippen molar-refractivity contribution in [1.82, 2.24) is 5.32 Å². The van der Waals surface area contributed by atoms with Gasteiger partial charge in [0.15, 0.2) is 5.79 Å². The maximum Gasteiger partial charge on any atom is 0.220 e. The summed E-state index contributed by atoms with van der Waals surface area (Å²) < 4.78 is 16.1. The molecule has 0 unspecified atom stereocenters. The maximum atomic E-state index is 11.8. The number of aryl methyl sites for hydroxylation is 1. The fourth-order valence-electron chi connectivity index (χ4n) is 2.30. The van der Waals surface area contributed by atoms with E-state index in [1.807, 2.05) is 31.2 Å². The van der Waals surface area contributed by atoms with Crippen molar-refractivity contribution in [1.29, 1.82) is 0 Å². The number of carbonyl (C=O) groups excluding carboxylic acids is 1. The number of hydrogen-bond acceptors (Lipinski definition) is 4. The van der Waals surface area contributed by atoms with E-state index in [1.165, 1.54) is 0 Å². The van der Waals surface area contributed by atoms with E-state index < -0.39 is 5.79 Å². The van der Waals surface area contributed by atoms with E-state index in [-0.39, 0.29) is 5.91 Å². The third-order valence-electron chi connectivity index (χ3n) is 3.57. The number of amides is 1. The standard InChI is InChI=1S/C16H23NO4/c1-16(20-10-11-21-16)8-9-17-15(18)7-6-13-4-3-5-14(12-13)19-2/h3-5,12H,6-11H2,1-2H3,(H,17,18). The van der Waals surface area contributed by atoms with Crippen LogP contribution >= 0.6 is 0 Å². The Bertz CT molecular complexity index is 469. The summed E-state index contributed by atoms with van der Waals surface area (Å²) in [6.07, 6.45) is 1.83. The quantitative estimate of drug-likeness (QED) is 0.834. The van der Waals surface area contributed by atoms with Gasteiger partial charge in [-0.1, -0.05) is 12.1 Å². The van der Waals surface area contributed by atoms with Gasteiger partial charge in [-0.3, -0.25) is 4.79 Å². The fourth-order valence-corrected chi connectivity index (χ4v) is 2.30. The molecule has 1 amide bonds. The van der Waals surface area contributed by atoms with Gasteiger partial charge in [-0.2, -0.15) is 0 Å². The number of rotatable bonds is 7. The van der Waals surface area contributed by atoms with Crippen molar-refractivity contribution in [3.8, 4) is 5.75 Å². The molecule has 1 saturated heterocycles. The summed E-state index contributed by atoms with van der Waals surface area (Å²) >= 11 is 0. The predicted octanol–water partition coefficient (Wildman–Crippen LogP) is 1.90. The Balaban J connectivity index is 1.67. The van der Waals surface area contributed by atoms with Crippen LogP contribution in [0.4, 0.5) is 0 Å². The molecule has 1 heterocycles. The molecule has 21 heavy (non-hydrogen) atoms. The van der Waals surface area contributed by atoms with Crippen molar-refractivity contribution in [2.75, 3.05) is 26.9 Å². The van der Waals surface area contributed by atoms with Crippen LogP contribution in [0.1, 0.15) is 25.3 Å². The van der Waals surface area contributed by atoms with E-state index in [0.29, 0.717) is 39.0 Å². The van der Waals surface area contributed by atoms with Gasteiger partial charge < -0.3 is 19.5 Å². The van der Waals surface area contributed by atoms with Gasteiger partial charge in [-0.25, -0.2) is 0 Å². The highest BCUT2D eigenvalue weighted by atomic mass is 16.7. The molecule has 5 heteroatoms. The van der Waals surface area contributed by atoms with Gasteiger partial charge in [0.05, 0.1) is 20.3 Å². The molecule has 0 aromatic heterocycles. The molecule has 1 aromatic carbocycles. The zero-order chi connectivity index (χ0) is 15.1. The van der Waals surface area contributed by atoms with Gasteiger partial charge >= 0.3 is 0 Å². The number of hydrogen-bond donors (Lipinski definition) is 1. The summed E-state index contributed by atoms with van der Waals surface area (Å²) in [6, 6.07) is 7.78. The first-order chi connectivity index (χ1) is 10.1. The number of methoxy groups -OCH3 is 1. The number of benzene rings is 1. The molecule has 0 radical (unpaired) electrons. The zero-order valence-electron chi connectivity index (χ0n) is 12.7. The Hall–Kier alpha value is -1.59. The highest BCUT2D eigenvalue weighted by Gasteiger charge is 2.30. The third kappa shape index (κ3) is 5.02. The fraction of sp³-hybridized carbons (Fsp3) is 0.562. The Morgan fingerprint density at radius 1 is 1.38 bits per heavy atom. The summed E-state index contributed by atoms with van der Waals surface area (Å²) in [5.41, 5.74) is 1.10. The lowest BCUT2D eigenvalue weighted by Gasteiger charge is -2.22. The smallest absolute Gasteiger partial charge is 0.220 e. The van der Waals surface area contributed by atoms with Crippen molar-refractivity contribution in [2.45, 2.75) is 32.0 Å². The van der Waals surface area contributed by atoms with Crippen LogP contribution in [0.5, 0.6) is 5.75 Å². The van der Waals surface area contributed by atoms with Gasteiger partial charge in [0.25, 0.3) is 0 Å². The first-order valence-electron chi connectivity index (χ1n) is 7.29. The Morgan fingerprint density at radius 2 is 2.14 bits per heavy atom. The molecule has 0 bridgehead atoms. The lowest BCUT2D eigenvalue weighted by Crippen LogP contribution is -2.33. The topological polar surface area (TPSA) is 56.8 Å². The Kier molecular flexibility index (Phi) is 5.59. The lowest BCUT2D eigenvalue weighted by molar-refractivity contribution is -0.146. The molecule has 0 atom stereocenters. The van der Waals surface area contributed by atoms with E-state index >= 15 is 0 Å². The van der Waals surface area contributed by atoms with Crippen LogP contribution in [0, 0.1) is 0 Å². The summed E-state index contributed by atoms with van der Waals surface area (Å²) in [6.45, 7) is 3.72. The molecule has 1 aliphatic heterocycles. The first kappa shape index (κ1) is 15.8. The molecular formula is C16H23NO4. The van der Waals surface area contributed by atoms with E-state index in [0.717, 1.165) is 11.3 Å². The first-order valence-corrected chi connectivity index (χ1v) is 7.29. The van der Waals surface area contributed by atoms with Crippen LogP contribution in [-0.4, -0.2) is 38.6 Å².